The molecule has 0 spiro atoms. The van der Waals surface area contributed by atoms with E-state index in [1.807, 2.05) is 85.0 Å². The number of hydrogen-bond acceptors (Lipinski definition) is 7. The highest BCUT2D eigenvalue weighted by Gasteiger charge is 2.30. The van der Waals surface area contributed by atoms with E-state index >= 15 is 0 Å². The summed E-state index contributed by atoms with van der Waals surface area (Å²) in [6, 6.07) is 20.2. The van der Waals surface area contributed by atoms with Crippen LogP contribution in [0.3, 0.4) is 0 Å². The van der Waals surface area contributed by atoms with E-state index in [9.17, 15) is 9.59 Å². The Morgan fingerprint density at radius 1 is 0.960 bits per heavy atom. The number of pyridine rings is 1. The maximum atomic E-state index is 13.9. The van der Waals surface area contributed by atoms with Gasteiger partial charge in [-0.05, 0) is 78.7 Å². The lowest BCUT2D eigenvalue weighted by molar-refractivity contribution is -0.135. The highest BCUT2D eigenvalue weighted by Crippen LogP contribution is 2.33. The SMILES string of the molecule is CC(C)(C)OC(=O)N[C@@H](Cc1ccc(Oc2ccnc3c2c(I)cn3COCC[Si](C)(C)C)cc1)C(=O)N1CCN(Cc2ccccc2)CC1. The average molecular weight is 812 g/mol. The largest absolute Gasteiger partial charge is 0.457 e. The van der Waals surface area contributed by atoms with E-state index in [4.69, 9.17) is 14.2 Å². The van der Waals surface area contributed by atoms with Crippen molar-refractivity contribution in [2.75, 3.05) is 32.8 Å². The van der Waals surface area contributed by atoms with E-state index in [-0.39, 0.29) is 5.91 Å². The number of rotatable bonds is 13. The van der Waals surface area contributed by atoms with Crippen LogP contribution in [0.25, 0.3) is 11.0 Å². The highest BCUT2D eigenvalue weighted by molar-refractivity contribution is 14.1. The van der Waals surface area contributed by atoms with Crippen molar-refractivity contribution in [3.05, 3.63) is 87.8 Å². The topological polar surface area (TPSA) is 98.2 Å². The van der Waals surface area contributed by atoms with Gasteiger partial charge >= 0.3 is 6.09 Å². The van der Waals surface area contributed by atoms with E-state index < -0.39 is 25.8 Å². The first kappa shape index (κ1) is 37.8. The van der Waals surface area contributed by atoms with Crippen LogP contribution in [0.5, 0.6) is 11.5 Å². The lowest BCUT2D eigenvalue weighted by Gasteiger charge is -2.36. The second kappa shape index (κ2) is 16.7. The van der Waals surface area contributed by atoms with Crippen LogP contribution in [0, 0.1) is 3.57 Å². The molecule has 10 nitrogen and oxygen atoms in total. The Balaban J connectivity index is 1.24. The number of fused-ring (bicyclic) bond motifs is 1. The maximum absolute atomic E-state index is 13.9. The third-order valence-electron chi connectivity index (χ3n) is 8.41. The molecule has 2 aromatic carbocycles. The van der Waals surface area contributed by atoms with Crippen LogP contribution >= 0.6 is 22.6 Å². The van der Waals surface area contributed by atoms with Crippen molar-refractivity contribution in [3.63, 3.8) is 0 Å². The third kappa shape index (κ3) is 11.0. The van der Waals surface area contributed by atoms with Gasteiger partial charge in [-0.1, -0.05) is 62.1 Å². The Hall–Kier alpha value is -3.46. The first-order chi connectivity index (χ1) is 23.7. The molecule has 5 rings (SSSR count). The highest BCUT2D eigenvalue weighted by atomic mass is 127. The fourth-order valence-electron chi connectivity index (χ4n) is 5.76. The Bertz CT molecular complexity index is 1730. The summed E-state index contributed by atoms with van der Waals surface area (Å²) in [5.74, 6) is 1.26. The fourth-order valence-corrected chi connectivity index (χ4v) is 7.36. The van der Waals surface area contributed by atoms with Gasteiger partial charge < -0.3 is 29.0 Å². The van der Waals surface area contributed by atoms with Crippen molar-refractivity contribution in [1.82, 2.24) is 24.7 Å². The van der Waals surface area contributed by atoms with Crippen LogP contribution in [0.2, 0.25) is 25.7 Å². The molecule has 1 N–H and O–H groups in total. The number of nitrogens with one attached hydrogen (secondary N) is 1. The summed E-state index contributed by atoms with van der Waals surface area (Å²) in [6.07, 6.45) is 3.50. The quantitative estimate of drug-likeness (QED) is 0.0848. The first-order valence-corrected chi connectivity index (χ1v) is 22.1. The minimum absolute atomic E-state index is 0.113. The molecule has 1 atom stereocenters. The van der Waals surface area contributed by atoms with Crippen LogP contribution in [0.4, 0.5) is 4.79 Å². The van der Waals surface area contributed by atoms with Gasteiger partial charge in [0, 0.05) is 69.8 Å². The minimum atomic E-state index is -1.17. The van der Waals surface area contributed by atoms with Crippen molar-refractivity contribution < 1.29 is 23.8 Å². The number of carbonyl (C=O) groups is 2. The third-order valence-corrected chi connectivity index (χ3v) is 10.9. The lowest BCUT2D eigenvalue weighted by atomic mass is 10.0. The predicted molar refractivity (Wildman–Crippen MR) is 208 cm³/mol. The average Bonchev–Trinajstić information content (AvgIpc) is 3.38. The Morgan fingerprint density at radius 2 is 1.66 bits per heavy atom. The van der Waals surface area contributed by atoms with Crippen molar-refractivity contribution in [3.8, 4) is 11.5 Å². The van der Waals surface area contributed by atoms with Crippen molar-refractivity contribution >= 4 is 53.7 Å². The molecule has 1 aliphatic rings. The Kier molecular flexibility index (Phi) is 12.6. The molecule has 0 aliphatic carbocycles. The monoisotopic (exact) mass is 811 g/mol. The summed E-state index contributed by atoms with van der Waals surface area (Å²) in [5, 5.41) is 3.80. The normalized spacial score (nSPS) is 14.8. The van der Waals surface area contributed by atoms with Crippen LogP contribution in [0.15, 0.2) is 73.1 Å². The standard InChI is InChI=1S/C38H50IN5O5Si/c1-38(2,3)49-37(46)41-32(36(45)43-20-18-42(19-21-43)25-29-10-8-7-9-11-29)24-28-12-14-30(15-13-28)48-33-16-17-40-35-34(33)31(39)26-44(35)27-47-22-23-50(4,5)6/h7-17,26,32H,18-25,27H2,1-6H3,(H,41,46)/t32-/m0/s1. The van der Waals surface area contributed by atoms with E-state index in [1.165, 1.54) is 5.56 Å². The summed E-state index contributed by atoms with van der Waals surface area (Å²) in [4.78, 5) is 35.5. The van der Waals surface area contributed by atoms with Gasteiger partial charge in [-0.2, -0.15) is 0 Å². The summed E-state index contributed by atoms with van der Waals surface area (Å²) in [6.45, 7) is 17.2. The second-order valence-corrected chi connectivity index (χ2v) is 21.8. The van der Waals surface area contributed by atoms with Crippen LogP contribution in [-0.4, -0.2) is 83.9 Å². The second-order valence-electron chi connectivity index (χ2n) is 15.0. The van der Waals surface area contributed by atoms with Crippen molar-refractivity contribution in [1.29, 1.82) is 0 Å². The molecule has 2 aromatic heterocycles. The Labute approximate surface area is 310 Å². The van der Waals surface area contributed by atoms with Crippen molar-refractivity contribution in [2.24, 2.45) is 0 Å². The van der Waals surface area contributed by atoms with Gasteiger partial charge in [-0.3, -0.25) is 9.69 Å². The lowest BCUT2D eigenvalue weighted by Crippen LogP contribution is -2.55. The molecule has 3 heterocycles. The maximum Gasteiger partial charge on any atom is 0.408 e. The van der Waals surface area contributed by atoms with E-state index in [0.717, 1.165) is 52.5 Å². The number of alkyl carbamates (subject to hydrolysis) is 1. The van der Waals surface area contributed by atoms with Crippen LogP contribution in [0.1, 0.15) is 31.9 Å². The molecule has 1 saturated heterocycles. The molecule has 0 unspecified atom stereocenters. The molecule has 268 valence electrons. The van der Waals surface area contributed by atoms with E-state index in [0.29, 0.717) is 37.7 Å². The zero-order valence-electron chi connectivity index (χ0n) is 30.1. The number of benzene rings is 2. The zero-order chi connectivity index (χ0) is 35.9. The fraction of sp³-hybridized carbons (Fsp3) is 0.447. The van der Waals surface area contributed by atoms with Crippen LogP contribution < -0.4 is 10.1 Å². The molecule has 0 saturated carbocycles. The molecule has 1 fully saturated rings. The first-order valence-electron chi connectivity index (χ1n) is 17.3. The van der Waals surface area contributed by atoms with Gasteiger partial charge in [0.2, 0.25) is 5.91 Å². The Morgan fingerprint density at radius 3 is 2.32 bits per heavy atom. The minimum Gasteiger partial charge on any atom is -0.457 e. The summed E-state index contributed by atoms with van der Waals surface area (Å²) >= 11 is 2.31. The van der Waals surface area contributed by atoms with Gasteiger partial charge in [-0.15, -0.1) is 0 Å². The molecule has 0 radical (unpaired) electrons. The smallest absolute Gasteiger partial charge is 0.408 e. The number of nitrogens with zero attached hydrogens (tertiary/aromatic N) is 4. The van der Waals surface area contributed by atoms with E-state index in [1.54, 1.807) is 6.20 Å². The van der Waals surface area contributed by atoms with Gasteiger partial charge in [0.05, 0.1) is 5.39 Å². The van der Waals surface area contributed by atoms with Crippen LogP contribution in [-0.2, 0) is 34.0 Å². The number of hydrogen-bond donors (Lipinski definition) is 1. The van der Waals surface area contributed by atoms with Crippen molar-refractivity contribution in [2.45, 2.75) is 77.8 Å². The molecule has 0 bridgehead atoms. The summed E-state index contributed by atoms with van der Waals surface area (Å²) < 4.78 is 21.0. The van der Waals surface area contributed by atoms with Gasteiger partial charge in [0.15, 0.2) is 0 Å². The number of ether oxygens (including phenoxy) is 3. The van der Waals surface area contributed by atoms with Gasteiger partial charge in [0.25, 0.3) is 0 Å². The molecular formula is C38H50IN5O5Si. The predicted octanol–water partition coefficient (Wildman–Crippen LogP) is 7.53. The molecular weight excluding hydrogens is 761 g/mol. The summed E-state index contributed by atoms with van der Waals surface area (Å²) in [7, 11) is -1.17. The number of aromatic nitrogens is 2. The number of amides is 2. The number of halogens is 1. The molecule has 2 amide bonds. The zero-order valence-corrected chi connectivity index (χ0v) is 33.2. The molecule has 1 aliphatic heterocycles. The van der Waals surface area contributed by atoms with E-state index in [2.05, 4.69) is 69.6 Å². The molecule has 4 aromatic rings. The molecule has 50 heavy (non-hydrogen) atoms. The van der Waals surface area contributed by atoms with Gasteiger partial charge in [-0.25, -0.2) is 9.78 Å². The molecule has 12 heteroatoms. The number of carbonyl (C=O) groups excluding carboxylic acids is 2. The van der Waals surface area contributed by atoms with Gasteiger partial charge in [0.1, 0.15) is 35.5 Å². The number of piperazine rings is 1. The summed E-state index contributed by atoms with van der Waals surface area (Å²) in [5.41, 5.74) is 2.28.